The molecule has 2 heteroatoms. The Hall–Kier alpha value is -3.26. The molecule has 1 aromatic heterocycles. The first kappa shape index (κ1) is 13.2. The highest BCUT2D eigenvalue weighted by atomic mass is 16.3. The number of furan rings is 1. The molecule has 0 spiro atoms. The summed E-state index contributed by atoms with van der Waals surface area (Å²) in [6, 6.07) is 29.1. The van der Waals surface area contributed by atoms with E-state index in [1.807, 2.05) is 30.3 Å². The van der Waals surface area contributed by atoms with E-state index in [-0.39, 0.29) is 0 Å². The first-order valence-electron chi connectivity index (χ1n) is 8.04. The average Bonchev–Trinajstić information content (AvgIpc) is 3.02. The van der Waals surface area contributed by atoms with Crippen LogP contribution in [0, 0.1) is 0 Å². The highest BCUT2D eigenvalue weighted by molar-refractivity contribution is 6.15. The molecule has 24 heavy (non-hydrogen) atoms. The second kappa shape index (κ2) is 5.14. The molecule has 0 fully saturated rings. The molecule has 0 atom stereocenters. The largest absolute Gasteiger partial charge is 0.455 e. The molecule has 4 aromatic carbocycles. The fraction of sp³-hybridized carbons (Fsp3) is 0. The summed E-state index contributed by atoms with van der Waals surface area (Å²) in [6.45, 7) is 0. The van der Waals surface area contributed by atoms with E-state index in [1.165, 1.54) is 5.39 Å². The number of rotatable bonds is 2. The van der Waals surface area contributed by atoms with Crippen LogP contribution in [0.5, 0.6) is 0 Å². The van der Waals surface area contributed by atoms with Crippen LogP contribution >= 0.6 is 0 Å². The number of benzene rings is 4. The SMILES string of the molecule is c1ccc(Nc2ccc3ccc4c5ccccc5oc4c3c2)cc1. The lowest BCUT2D eigenvalue weighted by Crippen LogP contribution is -1.89. The summed E-state index contributed by atoms with van der Waals surface area (Å²) in [5.41, 5.74) is 4.02. The summed E-state index contributed by atoms with van der Waals surface area (Å²) >= 11 is 0. The maximum absolute atomic E-state index is 6.14. The van der Waals surface area contributed by atoms with Gasteiger partial charge in [-0.2, -0.15) is 0 Å². The molecule has 1 heterocycles. The minimum absolute atomic E-state index is 0.932. The van der Waals surface area contributed by atoms with Crippen molar-refractivity contribution in [1.29, 1.82) is 0 Å². The van der Waals surface area contributed by atoms with Gasteiger partial charge in [0.25, 0.3) is 0 Å². The molecule has 0 bridgehead atoms. The maximum Gasteiger partial charge on any atom is 0.143 e. The van der Waals surface area contributed by atoms with Crippen molar-refractivity contribution in [3.8, 4) is 0 Å². The fourth-order valence-electron chi connectivity index (χ4n) is 3.27. The fourth-order valence-corrected chi connectivity index (χ4v) is 3.27. The first-order valence-corrected chi connectivity index (χ1v) is 8.04. The highest BCUT2D eigenvalue weighted by Gasteiger charge is 2.10. The third-order valence-electron chi connectivity index (χ3n) is 4.42. The zero-order valence-corrected chi connectivity index (χ0v) is 13.0. The predicted octanol–water partition coefficient (Wildman–Crippen LogP) is 6.48. The van der Waals surface area contributed by atoms with Gasteiger partial charge in [-0.3, -0.25) is 0 Å². The van der Waals surface area contributed by atoms with Crippen LogP contribution in [0.2, 0.25) is 0 Å². The summed E-state index contributed by atoms with van der Waals surface area (Å²) < 4.78 is 6.14. The van der Waals surface area contributed by atoms with Crippen LogP contribution in [-0.4, -0.2) is 0 Å². The Balaban J connectivity index is 1.73. The van der Waals surface area contributed by atoms with Gasteiger partial charge >= 0.3 is 0 Å². The van der Waals surface area contributed by atoms with E-state index < -0.39 is 0 Å². The van der Waals surface area contributed by atoms with Gasteiger partial charge in [0.2, 0.25) is 0 Å². The van der Waals surface area contributed by atoms with Gasteiger partial charge in [-0.25, -0.2) is 0 Å². The Bertz CT molecular complexity index is 1170. The van der Waals surface area contributed by atoms with Crippen LogP contribution in [0.25, 0.3) is 32.7 Å². The van der Waals surface area contributed by atoms with E-state index in [4.69, 9.17) is 4.42 Å². The summed E-state index contributed by atoms with van der Waals surface area (Å²) in [5, 5.41) is 8.09. The van der Waals surface area contributed by atoms with Gasteiger partial charge in [-0.05, 0) is 41.8 Å². The van der Waals surface area contributed by atoms with Gasteiger partial charge in [0, 0.05) is 27.5 Å². The van der Waals surface area contributed by atoms with Crippen molar-refractivity contribution in [3.05, 3.63) is 84.9 Å². The van der Waals surface area contributed by atoms with Crippen LogP contribution in [0.4, 0.5) is 11.4 Å². The van der Waals surface area contributed by atoms with Gasteiger partial charge < -0.3 is 9.73 Å². The van der Waals surface area contributed by atoms with Crippen LogP contribution in [-0.2, 0) is 0 Å². The number of hydrogen-bond donors (Lipinski definition) is 1. The molecular formula is C22H15NO. The van der Waals surface area contributed by atoms with E-state index in [0.717, 1.165) is 38.7 Å². The quantitative estimate of drug-likeness (QED) is 0.403. The monoisotopic (exact) mass is 309 g/mol. The molecule has 0 saturated heterocycles. The first-order chi connectivity index (χ1) is 11.9. The Kier molecular flexibility index (Phi) is 2.83. The van der Waals surface area contributed by atoms with Gasteiger partial charge in [0.15, 0.2) is 0 Å². The zero-order chi connectivity index (χ0) is 15.9. The lowest BCUT2D eigenvalue weighted by Gasteiger charge is -2.07. The summed E-state index contributed by atoms with van der Waals surface area (Å²) in [5.74, 6) is 0. The van der Waals surface area contributed by atoms with Crippen LogP contribution in [0.15, 0.2) is 89.3 Å². The molecule has 2 nitrogen and oxygen atoms in total. The molecule has 0 amide bonds. The average molecular weight is 309 g/mol. The van der Waals surface area contributed by atoms with Crippen molar-refractivity contribution in [1.82, 2.24) is 0 Å². The number of hydrogen-bond acceptors (Lipinski definition) is 2. The minimum atomic E-state index is 0.932. The van der Waals surface area contributed by atoms with Gasteiger partial charge in [0.1, 0.15) is 11.2 Å². The van der Waals surface area contributed by atoms with Crippen molar-refractivity contribution in [2.45, 2.75) is 0 Å². The molecule has 1 N–H and O–H groups in total. The number of anilines is 2. The third-order valence-corrected chi connectivity index (χ3v) is 4.42. The second-order valence-electron chi connectivity index (χ2n) is 5.97. The topological polar surface area (TPSA) is 25.2 Å². The molecule has 5 rings (SSSR count). The van der Waals surface area contributed by atoms with E-state index in [9.17, 15) is 0 Å². The molecular weight excluding hydrogens is 294 g/mol. The Morgan fingerprint density at radius 2 is 1.38 bits per heavy atom. The van der Waals surface area contributed by atoms with E-state index >= 15 is 0 Å². The molecule has 0 unspecified atom stereocenters. The molecule has 0 aliphatic heterocycles. The van der Waals surface area contributed by atoms with Crippen molar-refractivity contribution in [3.63, 3.8) is 0 Å². The van der Waals surface area contributed by atoms with Crippen molar-refractivity contribution < 1.29 is 4.42 Å². The smallest absolute Gasteiger partial charge is 0.143 e. The van der Waals surface area contributed by atoms with E-state index in [0.29, 0.717) is 0 Å². The lowest BCUT2D eigenvalue weighted by molar-refractivity contribution is 0.672. The second-order valence-corrected chi connectivity index (χ2v) is 5.97. The highest BCUT2D eigenvalue weighted by Crippen LogP contribution is 2.35. The maximum atomic E-state index is 6.14. The standard InChI is InChI=1S/C22H15NO/c1-2-6-16(7-3-1)23-17-12-10-15-11-13-19-18-8-4-5-9-21(18)24-22(19)20(15)14-17/h1-14,23H. The van der Waals surface area contributed by atoms with Crippen molar-refractivity contribution in [2.75, 3.05) is 5.32 Å². The number of fused-ring (bicyclic) bond motifs is 5. The van der Waals surface area contributed by atoms with Crippen molar-refractivity contribution in [2.24, 2.45) is 0 Å². The molecule has 0 aliphatic carbocycles. The molecule has 5 aromatic rings. The number of nitrogens with one attached hydrogen (secondary N) is 1. The summed E-state index contributed by atoms with van der Waals surface area (Å²) in [6.07, 6.45) is 0. The molecule has 0 radical (unpaired) electrons. The van der Waals surface area contributed by atoms with Gasteiger partial charge in [-0.1, -0.05) is 48.5 Å². The van der Waals surface area contributed by atoms with Gasteiger partial charge in [-0.15, -0.1) is 0 Å². The zero-order valence-electron chi connectivity index (χ0n) is 13.0. The van der Waals surface area contributed by atoms with Crippen molar-refractivity contribution >= 4 is 44.1 Å². The van der Waals surface area contributed by atoms with Crippen LogP contribution < -0.4 is 5.32 Å². The van der Waals surface area contributed by atoms with Crippen LogP contribution in [0.1, 0.15) is 0 Å². The summed E-state index contributed by atoms with van der Waals surface area (Å²) in [7, 11) is 0. The van der Waals surface area contributed by atoms with Gasteiger partial charge in [0.05, 0.1) is 0 Å². The number of para-hydroxylation sites is 2. The normalized spacial score (nSPS) is 11.3. The van der Waals surface area contributed by atoms with E-state index in [1.54, 1.807) is 0 Å². The Morgan fingerprint density at radius 3 is 2.29 bits per heavy atom. The Morgan fingerprint density at radius 1 is 0.583 bits per heavy atom. The lowest BCUT2D eigenvalue weighted by atomic mass is 10.1. The third kappa shape index (κ3) is 2.04. The summed E-state index contributed by atoms with van der Waals surface area (Å²) in [4.78, 5) is 0. The molecule has 0 aliphatic rings. The van der Waals surface area contributed by atoms with E-state index in [2.05, 4.69) is 59.9 Å². The predicted molar refractivity (Wildman–Crippen MR) is 101 cm³/mol. The molecule has 0 saturated carbocycles. The Labute approximate surface area is 139 Å². The van der Waals surface area contributed by atoms with Crippen LogP contribution in [0.3, 0.4) is 0 Å². The molecule has 114 valence electrons. The minimum Gasteiger partial charge on any atom is -0.455 e.